The molecule has 0 aliphatic rings. The second-order valence-electron chi connectivity index (χ2n) is 9.89. The molecule has 0 spiro atoms. The molecule has 0 aromatic rings. The lowest BCUT2D eigenvalue weighted by Crippen LogP contribution is -2.27. The zero-order valence-electron chi connectivity index (χ0n) is 24.0. The fourth-order valence-corrected chi connectivity index (χ4v) is 3.17. The Labute approximate surface area is 224 Å². The van der Waals surface area contributed by atoms with Crippen molar-refractivity contribution in [3.05, 3.63) is 0 Å². The highest BCUT2D eigenvalue weighted by Gasteiger charge is 2.16. The third-order valence-electron chi connectivity index (χ3n) is 4.01. The van der Waals surface area contributed by atoms with Gasteiger partial charge in [0.05, 0.1) is 106 Å². The van der Waals surface area contributed by atoms with Gasteiger partial charge in [0, 0.05) is 0 Å². The average Bonchev–Trinajstić information content (AvgIpc) is 2.79. The van der Waals surface area contributed by atoms with Gasteiger partial charge in [-0.3, -0.25) is 0 Å². The minimum atomic E-state index is -1.45. The lowest BCUT2D eigenvalue weighted by molar-refractivity contribution is -0.160. The van der Waals surface area contributed by atoms with Crippen LogP contribution in [0.1, 0.15) is 20.8 Å². The summed E-state index contributed by atoms with van der Waals surface area (Å²) in [6.45, 7) is 19.9. The third kappa shape index (κ3) is 33.3. The van der Waals surface area contributed by atoms with Crippen molar-refractivity contribution in [1.29, 1.82) is 0 Å². The van der Waals surface area contributed by atoms with E-state index >= 15 is 0 Å². The molecule has 0 aliphatic heterocycles. The van der Waals surface area contributed by atoms with E-state index in [1.54, 1.807) is 0 Å². The zero-order valence-corrected chi connectivity index (χ0v) is 25.0. The summed E-state index contributed by atoms with van der Waals surface area (Å²) < 4.78 is 54.1. The van der Waals surface area contributed by atoms with Crippen LogP contribution in [0.4, 0.5) is 0 Å². The maximum absolute atomic E-state index is 11.5. The summed E-state index contributed by atoms with van der Waals surface area (Å²) in [5.74, 6) is -0.382. The minimum absolute atomic E-state index is 0.0768. The molecule has 0 aromatic carbocycles. The summed E-state index contributed by atoms with van der Waals surface area (Å²) >= 11 is 0. The first-order valence-electron chi connectivity index (χ1n) is 13.1. The van der Waals surface area contributed by atoms with E-state index in [9.17, 15) is 4.79 Å². The molecule has 0 N–H and O–H groups in total. The van der Waals surface area contributed by atoms with Crippen molar-refractivity contribution in [2.45, 2.75) is 46.0 Å². The molecule has 0 saturated carbocycles. The van der Waals surface area contributed by atoms with E-state index in [4.69, 9.17) is 47.1 Å². The van der Waals surface area contributed by atoms with Crippen LogP contribution in [0.25, 0.3) is 0 Å². The topological polar surface area (TPSA) is 109 Å². The molecule has 0 unspecified atom stereocenters. The van der Waals surface area contributed by atoms with Gasteiger partial charge >= 0.3 is 5.97 Å². The number of rotatable bonds is 27. The predicted octanol–water partition coefficient (Wildman–Crippen LogP) is 2.31. The molecule has 222 valence electrons. The first kappa shape index (κ1) is 36.3. The highest BCUT2D eigenvalue weighted by molar-refractivity contribution is 6.69. The van der Waals surface area contributed by atoms with E-state index in [2.05, 4.69) is 19.6 Å². The molecule has 0 radical (unpaired) electrons. The maximum Gasteiger partial charge on any atom is 0.332 e. The van der Waals surface area contributed by atoms with E-state index < -0.39 is 13.9 Å². The number of esters is 1. The summed E-state index contributed by atoms with van der Waals surface area (Å²) in [4.78, 5) is 11.5. The number of hydrogen-bond acceptors (Lipinski definition) is 11. The van der Waals surface area contributed by atoms with E-state index in [0.29, 0.717) is 106 Å². The van der Waals surface area contributed by atoms with Crippen molar-refractivity contribution >= 4 is 14.3 Å². The van der Waals surface area contributed by atoms with E-state index in [0.717, 1.165) is 0 Å². The Balaban J connectivity index is 3.12. The van der Waals surface area contributed by atoms with E-state index in [1.165, 1.54) is 0 Å². The monoisotopic (exact) mass is 556 g/mol. The van der Waals surface area contributed by atoms with Gasteiger partial charge in [0.25, 0.3) is 0 Å². The molecule has 0 atom stereocenters. The van der Waals surface area contributed by atoms with Crippen molar-refractivity contribution in [3.63, 3.8) is 0 Å². The van der Waals surface area contributed by atoms with Crippen molar-refractivity contribution in [2.24, 2.45) is 0 Å². The summed E-state index contributed by atoms with van der Waals surface area (Å²) in [7, 11) is -1.45. The Kier molecular flexibility index (Phi) is 23.9. The molecule has 0 aromatic heterocycles. The lowest BCUT2D eigenvalue weighted by atomic mass is 10.2. The van der Waals surface area contributed by atoms with Crippen molar-refractivity contribution in [1.82, 2.24) is 0 Å². The van der Waals surface area contributed by atoms with Gasteiger partial charge in [-0.1, -0.05) is 0 Å². The standard InChI is InChI=1S/C25H52O11Si/c1-25(2,3)36-24(26)23-34-20-19-32-16-15-30-12-11-28-8-7-27-9-10-29-13-14-31-17-18-33-21-22-35-37(4,5)6/h7-23H2,1-6H3. The van der Waals surface area contributed by atoms with Crippen molar-refractivity contribution < 1.29 is 51.9 Å². The van der Waals surface area contributed by atoms with Gasteiger partial charge in [-0.05, 0) is 40.4 Å². The zero-order chi connectivity index (χ0) is 27.7. The summed E-state index contributed by atoms with van der Waals surface area (Å²) in [6, 6.07) is 0. The first-order valence-corrected chi connectivity index (χ1v) is 16.5. The van der Waals surface area contributed by atoms with Gasteiger partial charge in [0.1, 0.15) is 12.2 Å². The molecule has 0 aliphatic carbocycles. The van der Waals surface area contributed by atoms with Gasteiger partial charge in [0.2, 0.25) is 0 Å². The fourth-order valence-electron chi connectivity index (χ4n) is 2.47. The summed E-state index contributed by atoms with van der Waals surface area (Å²) in [6.07, 6.45) is 0. The molecule has 0 amide bonds. The first-order chi connectivity index (χ1) is 17.6. The van der Waals surface area contributed by atoms with E-state index in [1.807, 2.05) is 20.8 Å². The Morgan fingerprint density at radius 1 is 0.486 bits per heavy atom. The molecule has 0 bridgehead atoms. The highest BCUT2D eigenvalue weighted by atomic mass is 28.4. The molecule has 0 fully saturated rings. The molecule has 11 nitrogen and oxygen atoms in total. The van der Waals surface area contributed by atoms with Gasteiger partial charge in [-0.15, -0.1) is 0 Å². The summed E-state index contributed by atoms with van der Waals surface area (Å²) in [5.41, 5.74) is -0.504. The number of ether oxygens (including phenoxy) is 9. The van der Waals surface area contributed by atoms with Crippen LogP contribution in [-0.4, -0.2) is 132 Å². The van der Waals surface area contributed by atoms with Crippen LogP contribution in [0.2, 0.25) is 19.6 Å². The molecule has 0 heterocycles. The van der Waals surface area contributed by atoms with Gasteiger partial charge in [0.15, 0.2) is 8.32 Å². The Hall–Kier alpha value is -0.673. The van der Waals surface area contributed by atoms with Gasteiger partial charge in [-0.25, -0.2) is 4.79 Å². The highest BCUT2D eigenvalue weighted by Crippen LogP contribution is 2.06. The van der Waals surface area contributed by atoms with Crippen LogP contribution in [-0.2, 0) is 51.9 Å². The van der Waals surface area contributed by atoms with Crippen LogP contribution in [0.3, 0.4) is 0 Å². The fraction of sp³-hybridized carbons (Fsp3) is 0.960. The summed E-state index contributed by atoms with van der Waals surface area (Å²) in [5, 5.41) is 0. The molecule has 12 heteroatoms. The number of hydrogen-bond donors (Lipinski definition) is 0. The average molecular weight is 557 g/mol. The molecular weight excluding hydrogens is 504 g/mol. The van der Waals surface area contributed by atoms with Crippen LogP contribution >= 0.6 is 0 Å². The third-order valence-corrected chi connectivity index (χ3v) is 5.08. The van der Waals surface area contributed by atoms with Gasteiger partial charge in [-0.2, -0.15) is 0 Å². The SMILES string of the molecule is CC(C)(C)OC(=O)COCCOCCOCCOCCOCCOCCOCCOCCO[Si](C)(C)C. The largest absolute Gasteiger partial charge is 0.458 e. The smallest absolute Gasteiger partial charge is 0.332 e. The maximum atomic E-state index is 11.5. The molecule has 37 heavy (non-hydrogen) atoms. The normalized spacial score (nSPS) is 12.3. The van der Waals surface area contributed by atoms with Crippen molar-refractivity contribution in [3.8, 4) is 0 Å². The van der Waals surface area contributed by atoms with Crippen LogP contribution in [0, 0.1) is 0 Å². The Bertz CT molecular complexity index is 510. The van der Waals surface area contributed by atoms with Crippen LogP contribution in [0.15, 0.2) is 0 Å². The number of carbonyl (C=O) groups excluding carboxylic acids is 1. The Morgan fingerprint density at radius 3 is 1.03 bits per heavy atom. The predicted molar refractivity (Wildman–Crippen MR) is 142 cm³/mol. The Morgan fingerprint density at radius 2 is 0.757 bits per heavy atom. The van der Waals surface area contributed by atoms with Gasteiger partial charge < -0.3 is 47.1 Å². The van der Waals surface area contributed by atoms with E-state index in [-0.39, 0.29) is 12.6 Å². The van der Waals surface area contributed by atoms with Crippen LogP contribution in [0.5, 0.6) is 0 Å². The minimum Gasteiger partial charge on any atom is -0.458 e. The molecule has 0 saturated heterocycles. The molecular formula is C25H52O11Si. The van der Waals surface area contributed by atoms with Crippen molar-refractivity contribution in [2.75, 3.05) is 112 Å². The lowest BCUT2D eigenvalue weighted by Gasteiger charge is -2.19. The van der Waals surface area contributed by atoms with Crippen LogP contribution < -0.4 is 0 Å². The number of carbonyl (C=O) groups is 1. The second kappa shape index (κ2) is 24.4. The molecule has 0 rings (SSSR count). The quantitative estimate of drug-likeness (QED) is 0.0845. The second-order valence-corrected chi connectivity index (χ2v) is 14.4.